The molecule has 0 amide bonds. The van der Waals surface area contributed by atoms with Crippen molar-refractivity contribution in [3.63, 3.8) is 0 Å². The van der Waals surface area contributed by atoms with E-state index in [1.807, 2.05) is 12.1 Å². The van der Waals surface area contributed by atoms with Crippen LogP contribution in [0.2, 0.25) is 0 Å². The lowest BCUT2D eigenvalue weighted by molar-refractivity contribution is -0.108. The molecule has 14 heteroatoms. The molecule has 252 valence electrons. The topological polar surface area (TPSA) is 165 Å². The van der Waals surface area contributed by atoms with Crippen molar-refractivity contribution in [3.05, 3.63) is 70.3 Å². The third-order valence-electron chi connectivity index (χ3n) is 8.68. The number of nitrogens with one attached hydrogen (secondary N) is 2. The summed E-state index contributed by atoms with van der Waals surface area (Å²) in [6, 6.07) is 7.75. The number of carbonyl (C=O) groups is 1. The van der Waals surface area contributed by atoms with Crippen LogP contribution in [0.5, 0.6) is 0 Å². The number of anilines is 3. The molecular formula is C33H44N8O5S. The third kappa shape index (κ3) is 7.89. The zero-order valence-electron chi connectivity index (χ0n) is 27.3. The number of nitrogens with two attached hydrogens (primary N) is 1. The van der Waals surface area contributed by atoms with Gasteiger partial charge in [0.1, 0.15) is 5.65 Å². The standard InChI is InChI=1S/C33H44N8O5S/c1-22-17-27(5-6-29(22)40-11-9-35-10-12-40)37-33-36-20-25-18-28(23(2)24-7-14-46-15-8-24)31(42)41(30(25)38-33)21-26(19-34)32(43)47(44,45)16-13-39(3)4/h5-6,17-20,24,35H,2,7-16,21,34H2,1,3-4H3,(H,36,37,38). The van der Waals surface area contributed by atoms with Gasteiger partial charge in [-0.05, 0) is 75.2 Å². The number of aryl methyl sites for hydroxylation is 1. The number of allylic oxidation sites excluding steroid dienone is 1. The van der Waals surface area contributed by atoms with Gasteiger partial charge in [0.2, 0.25) is 15.8 Å². The summed E-state index contributed by atoms with van der Waals surface area (Å²) in [6.45, 7) is 10.9. The molecule has 2 aliphatic heterocycles. The fraction of sp³-hybridized carbons (Fsp3) is 0.455. The highest BCUT2D eigenvalue weighted by Crippen LogP contribution is 2.30. The van der Waals surface area contributed by atoms with Crippen LogP contribution in [0, 0.1) is 12.8 Å². The largest absolute Gasteiger partial charge is 0.404 e. The molecule has 0 aliphatic carbocycles. The van der Waals surface area contributed by atoms with Crippen LogP contribution in [0.4, 0.5) is 17.3 Å². The van der Waals surface area contributed by atoms with Crippen LogP contribution in [0.3, 0.4) is 0 Å². The minimum Gasteiger partial charge on any atom is -0.404 e. The van der Waals surface area contributed by atoms with Crippen molar-refractivity contribution >= 4 is 48.9 Å². The summed E-state index contributed by atoms with van der Waals surface area (Å²) < 4.78 is 32.7. The third-order valence-corrected chi connectivity index (χ3v) is 10.2. The van der Waals surface area contributed by atoms with E-state index in [9.17, 15) is 18.0 Å². The van der Waals surface area contributed by atoms with Crippen LogP contribution in [-0.4, -0.2) is 98.8 Å². The number of fused-ring (bicyclic) bond motifs is 1. The van der Waals surface area contributed by atoms with Crippen LogP contribution in [0.1, 0.15) is 24.0 Å². The molecule has 3 aromatic rings. The second kappa shape index (κ2) is 14.8. The van der Waals surface area contributed by atoms with Crippen molar-refractivity contribution in [3.8, 4) is 0 Å². The number of ether oxygens (including phenoxy) is 1. The van der Waals surface area contributed by atoms with E-state index in [1.54, 1.807) is 31.3 Å². The lowest BCUT2D eigenvalue weighted by Gasteiger charge is -2.30. The predicted molar refractivity (Wildman–Crippen MR) is 186 cm³/mol. The van der Waals surface area contributed by atoms with Crippen molar-refractivity contribution in [1.82, 2.24) is 24.8 Å². The van der Waals surface area contributed by atoms with E-state index >= 15 is 0 Å². The van der Waals surface area contributed by atoms with Gasteiger partial charge < -0.3 is 30.9 Å². The van der Waals surface area contributed by atoms with Crippen molar-refractivity contribution < 1.29 is 17.9 Å². The number of hydrogen-bond acceptors (Lipinski definition) is 12. The summed E-state index contributed by atoms with van der Waals surface area (Å²) >= 11 is 0. The number of piperazine rings is 1. The number of hydrogen-bond donors (Lipinski definition) is 3. The molecule has 2 aromatic heterocycles. The number of carbonyl (C=O) groups excluding carboxylic acids is 1. The Balaban J connectivity index is 1.52. The molecule has 2 aliphatic rings. The Bertz CT molecular complexity index is 1840. The average Bonchev–Trinajstić information content (AvgIpc) is 3.07. The van der Waals surface area contributed by atoms with Crippen LogP contribution in [0.15, 0.2) is 53.6 Å². The maximum absolute atomic E-state index is 14.2. The first kappa shape index (κ1) is 34.2. The average molecular weight is 665 g/mol. The quantitative estimate of drug-likeness (QED) is 0.256. The smallest absolute Gasteiger partial charge is 0.275 e. The van der Waals surface area contributed by atoms with Crippen LogP contribution < -0.4 is 26.8 Å². The van der Waals surface area contributed by atoms with Crippen LogP contribution in [-0.2, 0) is 25.9 Å². The maximum Gasteiger partial charge on any atom is 0.275 e. The van der Waals surface area contributed by atoms with Crippen LogP contribution >= 0.6 is 0 Å². The van der Waals surface area contributed by atoms with Gasteiger partial charge in [0.15, 0.2) is 0 Å². The fourth-order valence-electron chi connectivity index (χ4n) is 5.94. The number of aromatic nitrogens is 3. The van der Waals surface area contributed by atoms with Gasteiger partial charge in [0, 0.05) is 86.2 Å². The van der Waals surface area contributed by atoms with Gasteiger partial charge in [-0.1, -0.05) is 6.58 Å². The molecule has 47 heavy (non-hydrogen) atoms. The molecule has 0 radical (unpaired) electrons. The Morgan fingerprint density at radius 2 is 1.94 bits per heavy atom. The molecule has 0 spiro atoms. The second-order valence-corrected chi connectivity index (χ2v) is 14.3. The van der Waals surface area contributed by atoms with E-state index < -0.39 is 27.1 Å². The Hall–Kier alpha value is -4.11. The predicted octanol–water partition coefficient (Wildman–Crippen LogP) is 2.04. The van der Waals surface area contributed by atoms with Gasteiger partial charge in [0.05, 0.1) is 12.3 Å². The highest BCUT2D eigenvalue weighted by Gasteiger charge is 2.28. The molecule has 4 N–H and O–H groups in total. The zero-order valence-corrected chi connectivity index (χ0v) is 28.1. The molecule has 0 saturated carbocycles. The Morgan fingerprint density at radius 3 is 2.60 bits per heavy atom. The molecule has 4 heterocycles. The van der Waals surface area contributed by atoms with E-state index in [1.165, 1.54) is 4.57 Å². The maximum atomic E-state index is 14.2. The Morgan fingerprint density at radius 1 is 1.21 bits per heavy atom. The molecule has 0 bridgehead atoms. The first-order chi connectivity index (χ1) is 22.5. The van der Waals surface area contributed by atoms with Gasteiger partial charge in [-0.3, -0.25) is 14.2 Å². The van der Waals surface area contributed by atoms with Crippen molar-refractivity contribution in [1.29, 1.82) is 0 Å². The fourth-order valence-corrected chi connectivity index (χ4v) is 7.26. The minimum atomic E-state index is -4.19. The number of pyridine rings is 1. The minimum absolute atomic E-state index is 0.0363. The molecule has 1 aromatic carbocycles. The van der Waals surface area contributed by atoms with E-state index in [-0.39, 0.29) is 35.4 Å². The monoisotopic (exact) mass is 664 g/mol. The summed E-state index contributed by atoms with van der Waals surface area (Å²) in [6.07, 6.45) is 4.00. The Kier molecular flexibility index (Phi) is 10.7. The first-order valence-electron chi connectivity index (χ1n) is 15.8. The highest BCUT2D eigenvalue weighted by atomic mass is 32.2. The van der Waals surface area contributed by atoms with E-state index in [2.05, 4.69) is 40.1 Å². The number of benzene rings is 1. The van der Waals surface area contributed by atoms with Gasteiger partial charge in [-0.25, -0.2) is 13.4 Å². The lowest BCUT2D eigenvalue weighted by Crippen LogP contribution is -2.43. The number of sulfone groups is 1. The number of rotatable bonds is 11. The van der Waals surface area contributed by atoms with Gasteiger partial charge in [-0.2, -0.15) is 4.98 Å². The summed E-state index contributed by atoms with van der Waals surface area (Å²) in [4.78, 5) is 40.6. The number of nitrogens with zero attached hydrogens (tertiary/aromatic N) is 5. The van der Waals surface area contributed by atoms with Gasteiger partial charge in [-0.15, -0.1) is 0 Å². The van der Waals surface area contributed by atoms with Crippen molar-refractivity contribution in [2.75, 3.05) is 76.0 Å². The van der Waals surface area contributed by atoms with Crippen molar-refractivity contribution in [2.45, 2.75) is 26.3 Å². The molecule has 0 unspecified atom stereocenters. The molecule has 2 fully saturated rings. The SMILES string of the molecule is C=C(c1cc2cnc(Nc3ccc(N4CCNCC4)c(C)c3)nc2n(CC(=CN)C(=O)S(=O)(=O)CCN(C)C)c1=O)C1CCOCC1. The highest BCUT2D eigenvalue weighted by molar-refractivity contribution is 8.06. The summed E-state index contributed by atoms with van der Waals surface area (Å²) in [7, 11) is -0.753. The van der Waals surface area contributed by atoms with Crippen molar-refractivity contribution in [2.24, 2.45) is 11.7 Å². The first-order valence-corrected chi connectivity index (χ1v) is 17.5. The zero-order chi connectivity index (χ0) is 33.7. The summed E-state index contributed by atoms with van der Waals surface area (Å²) in [5, 5.41) is 6.02. The lowest BCUT2D eigenvalue weighted by atomic mass is 9.88. The molecule has 0 atom stereocenters. The van der Waals surface area contributed by atoms with E-state index in [0.29, 0.717) is 29.7 Å². The molecule has 2 saturated heterocycles. The van der Waals surface area contributed by atoms with Gasteiger partial charge >= 0.3 is 0 Å². The van der Waals surface area contributed by atoms with E-state index in [4.69, 9.17) is 15.5 Å². The molecule has 5 rings (SSSR count). The molecular weight excluding hydrogens is 620 g/mol. The second-order valence-electron chi connectivity index (χ2n) is 12.3. The summed E-state index contributed by atoms with van der Waals surface area (Å²) in [5.74, 6) is -0.108. The van der Waals surface area contributed by atoms with Gasteiger partial charge in [0.25, 0.3) is 10.7 Å². The van der Waals surface area contributed by atoms with Crippen LogP contribution in [0.25, 0.3) is 16.6 Å². The Labute approximate surface area is 275 Å². The normalized spacial score (nSPS) is 16.5. The van der Waals surface area contributed by atoms with E-state index in [0.717, 1.165) is 62.2 Å². The summed E-state index contributed by atoms with van der Waals surface area (Å²) in [5.41, 5.74) is 9.41. The molecule has 13 nitrogen and oxygen atoms in total.